The Hall–Kier alpha value is -4.72. The molecule has 0 fully saturated rings. The highest BCUT2D eigenvalue weighted by molar-refractivity contribution is 6.39. The summed E-state index contributed by atoms with van der Waals surface area (Å²) in [5.74, 6) is 0.0973. The number of fused-ring (bicyclic) bond motifs is 2. The minimum Gasteiger partial charge on any atom is -0.494 e. The molecule has 56 heavy (non-hydrogen) atoms. The average Bonchev–Trinajstić information content (AvgIpc) is 3.20. The summed E-state index contributed by atoms with van der Waals surface area (Å²) in [7, 11) is 0. The molecular weight excluding hydrogens is 697 g/mol. The highest BCUT2D eigenvalue weighted by atomic mass is 16.3. The van der Waals surface area contributed by atoms with Gasteiger partial charge in [-0.2, -0.15) is 0 Å². The number of pyridine rings is 2. The quantitative estimate of drug-likeness (QED) is 0.0458. The predicted molar refractivity (Wildman–Crippen MR) is 234 cm³/mol. The van der Waals surface area contributed by atoms with Crippen molar-refractivity contribution in [2.75, 3.05) is 13.1 Å². The molecule has 7 rings (SSSR count). The van der Waals surface area contributed by atoms with Crippen molar-refractivity contribution >= 4 is 64.6 Å². The Labute approximate surface area is 329 Å². The van der Waals surface area contributed by atoms with Crippen molar-refractivity contribution in [1.29, 1.82) is 0 Å². The van der Waals surface area contributed by atoms with Crippen LogP contribution in [0.3, 0.4) is 0 Å². The van der Waals surface area contributed by atoms with E-state index in [0.29, 0.717) is 53.1 Å². The molecule has 0 spiro atoms. The topological polar surface area (TPSA) is 109 Å². The molecule has 7 aromatic rings. The lowest BCUT2D eigenvalue weighted by Gasteiger charge is -2.21. The lowest BCUT2D eigenvalue weighted by Crippen LogP contribution is -2.34. The summed E-state index contributed by atoms with van der Waals surface area (Å²) in [6.07, 6.45) is 17.1. The molecule has 0 aliphatic carbocycles. The predicted octanol–water partition coefficient (Wildman–Crippen LogP) is 10.8. The third-order valence-corrected chi connectivity index (χ3v) is 12.1. The van der Waals surface area contributed by atoms with E-state index in [1.54, 1.807) is 4.57 Å². The van der Waals surface area contributed by atoms with Gasteiger partial charge in [-0.1, -0.05) is 117 Å². The zero-order chi connectivity index (χ0) is 39.3. The first-order valence-corrected chi connectivity index (χ1v) is 21.8. The molecule has 2 aromatic heterocycles. The molecular formula is C48H60N4O4. The van der Waals surface area contributed by atoms with E-state index in [2.05, 4.69) is 39.8 Å². The fourth-order valence-electron chi connectivity index (χ4n) is 9.03. The van der Waals surface area contributed by atoms with Gasteiger partial charge in [-0.25, -0.2) is 0 Å². The molecule has 296 valence electrons. The summed E-state index contributed by atoms with van der Waals surface area (Å²) in [6, 6.07) is 11.9. The van der Waals surface area contributed by atoms with E-state index in [9.17, 15) is 19.8 Å². The SMILES string of the molecule is CCCCCCCCN=c1cc2c(=O)n(CCCC)c(=O)c3cc(=NCCCCCCCC)c4c5ccc6c(O)n(CCCC)c(O)c7ccc(c1c4c23)c5c76. The molecule has 0 amide bonds. The lowest BCUT2D eigenvalue weighted by molar-refractivity contribution is 0.361. The van der Waals surface area contributed by atoms with Gasteiger partial charge in [0, 0.05) is 63.9 Å². The van der Waals surface area contributed by atoms with Crippen molar-refractivity contribution < 1.29 is 10.2 Å². The van der Waals surface area contributed by atoms with Crippen LogP contribution in [0.4, 0.5) is 0 Å². The van der Waals surface area contributed by atoms with Crippen LogP contribution < -0.4 is 21.8 Å². The number of rotatable bonds is 20. The van der Waals surface area contributed by atoms with Crippen LogP contribution in [0.1, 0.15) is 130 Å². The van der Waals surface area contributed by atoms with Crippen molar-refractivity contribution in [1.82, 2.24) is 9.13 Å². The average molecular weight is 757 g/mol. The number of hydrogen-bond donors (Lipinski definition) is 2. The van der Waals surface area contributed by atoms with Crippen molar-refractivity contribution in [2.45, 2.75) is 144 Å². The van der Waals surface area contributed by atoms with Crippen LogP contribution in [0.15, 0.2) is 56.0 Å². The summed E-state index contributed by atoms with van der Waals surface area (Å²) >= 11 is 0. The fraction of sp³-hybridized carbons (Fsp3) is 0.500. The molecule has 5 aromatic carbocycles. The van der Waals surface area contributed by atoms with Crippen molar-refractivity contribution in [3.05, 3.63) is 67.8 Å². The van der Waals surface area contributed by atoms with Gasteiger partial charge in [0.2, 0.25) is 11.8 Å². The summed E-state index contributed by atoms with van der Waals surface area (Å²) in [6.45, 7) is 10.8. The maximum atomic E-state index is 14.4. The zero-order valence-electron chi connectivity index (χ0n) is 34.1. The second-order valence-corrected chi connectivity index (χ2v) is 16.0. The standard InChI is InChI=1S/C48H60N4O4/c1-5-9-13-15-17-19-25-49-37-29-35-41-36(48(56)52(47(35)55)28-12-8-4)30-38(50-26-20-18-16-14-10-6-2)43-32-22-24-34-40-33(45(53)51(46(34)54)27-11-7-3)23-21-31(39(32)40)42(37)44(41)43/h21-24,29-30,53-54H,5-20,25-28H2,1-4H3. The number of unbranched alkanes of at least 4 members (excludes halogenated alkanes) is 12. The molecule has 0 radical (unpaired) electrons. The van der Waals surface area contributed by atoms with Crippen LogP contribution in [0.2, 0.25) is 0 Å². The van der Waals surface area contributed by atoms with Gasteiger partial charge in [-0.3, -0.25) is 28.7 Å². The first kappa shape index (κ1) is 39.5. The van der Waals surface area contributed by atoms with Gasteiger partial charge in [0.05, 0.1) is 21.5 Å². The van der Waals surface area contributed by atoms with E-state index >= 15 is 0 Å². The van der Waals surface area contributed by atoms with E-state index in [1.165, 1.54) is 55.9 Å². The van der Waals surface area contributed by atoms with Gasteiger partial charge < -0.3 is 10.2 Å². The van der Waals surface area contributed by atoms with E-state index < -0.39 is 0 Å². The largest absolute Gasteiger partial charge is 0.494 e. The summed E-state index contributed by atoms with van der Waals surface area (Å²) < 4.78 is 3.05. The van der Waals surface area contributed by atoms with Crippen LogP contribution in [-0.2, 0) is 13.1 Å². The van der Waals surface area contributed by atoms with Gasteiger partial charge in [-0.05, 0) is 66.1 Å². The number of aromatic nitrogens is 2. The van der Waals surface area contributed by atoms with Crippen LogP contribution in [0.5, 0.6) is 11.8 Å². The van der Waals surface area contributed by atoms with E-state index in [0.717, 1.165) is 99.8 Å². The number of aromatic hydroxyl groups is 2. The molecule has 0 aliphatic heterocycles. The first-order chi connectivity index (χ1) is 27.4. The first-order valence-electron chi connectivity index (χ1n) is 21.8. The highest BCUT2D eigenvalue weighted by Crippen LogP contribution is 2.46. The Balaban J connectivity index is 1.60. The van der Waals surface area contributed by atoms with Crippen molar-refractivity contribution in [3.8, 4) is 11.8 Å². The lowest BCUT2D eigenvalue weighted by atomic mass is 9.85. The fourth-order valence-corrected chi connectivity index (χ4v) is 9.03. The Kier molecular flexibility index (Phi) is 12.4. The van der Waals surface area contributed by atoms with Gasteiger partial charge >= 0.3 is 0 Å². The Morgan fingerprint density at radius 2 is 0.804 bits per heavy atom. The number of benzene rings is 5. The molecule has 0 aliphatic rings. The Morgan fingerprint density at radius 3 is 1.27 bits per heavy atom. The molecule has 0 saturated carbocycles. The minimum atomic E-state index is -0.261. The molecule has 0 saturated heterocycles. The normalized spacial score (nSPS) is 13.1. The maximum Gasteiger partial charge on any atom is 0.261 e. The van der Waals surface area contributed by atoms with Gasteiger partial charge in [0.25, 0.3) is 11.1 Å². The second-order valence-electron chi connectivity index (χ2n) is 16.0. The molecule has 8 nitrogen and oxygen atoms in total. The van der Waals surface area contributed by atoms with E-state index in [-0.39, 0.29) is 22.9 Å². The third-order valence-electron chi connectivity index (χ3n) is 12.1. The second kappa shape index (κ2) is 17.6. The van der Waals surface area contributed by atoms with Crippen LogP contribution in [-0.4, -0.2) is 32.4 Å². The smallest absolute Gasteiger partial charge is 0.261 e. The zero-order valence-corrected chi connectivity index (χ0v) is 34.1. The van der Waals surface area contributed by atoms with Crippen LogP contribution >= 0.6 is 0 Å². The molecule has 2 heterocycles. The van der Waals surface area contributed by atoms with Crippen LogP contribution in [0, 0.1) is 0 Å². The monoisotopic (exact) mass is 756 g/mol. The molecule has 0 atom stereocenters. The van der Waals surface area contributed by atoms with E-state index in [4.69, 9.17) is 9.98 Å². The molecule has 2 N–H and O–H groups in total. The van der Waals surface area contributed by atoms with Crippen molar-refractivity contribution in [3.63, 3.8) is 0 Å². The Bertz CT molecular complexity index is 2560. The summed E-state index contributed by atoms with van der Waals surface area (Å²) in [5.41, 5.74) is -0.521. The number of nitrogens with zero attached hydrogens (tertiary/aromatic N) is 4. The molecule has 0 unspecified atom stereocenters. The van der Waals surface area contributed by atoms with Gasteiger partial charge in [-0.15, -0.1) is 0 Å². The summed E-state index contributed by atoms with van der Waals surface area (Å²) in [5, 5.41) is 34.2. The van der Waals surface area contributed by atoms with Gasteiger partial charge in [0.15, 0.2) is 0 Å². The number of hydrogen-bond acceptors (Lipinski definition) is 6. The Morgan fingerprint density at radius 1 is 0.429 bits per heavy atom. The highest BCUT2D eigenvalue weighted by Gasteiger charge is 2.25. The molecule has 0 bridgehead atoms. The van der Waals surface area contributed by atoms with Crippen LogP contribution in [0.25, 0.3) is 64.6 Å². The van der Waals surface area contributed by atoms with Gasteiger partial charge in [0.1, 0.15) is 0 Å². The minimum absolute atomic E-state index is 0.0486. The maximum absolute atomic E-state index is 14.4. The molecule has 8 heteroatoms. The van der Waals surface area contributed by atoms with Crippen molar-refractivity contribution in [2.24, 2.45) is 9.98 Å². The van der Waals surface area contributed by atoms with E-state index in [1.807, 2.05) is 24.3 Å². The summed E-state index contributed by atoms with van der Waals surface area (Å²) in [4.78, 5) is 39.4. The third kappa shape index (κ3) is 7.09.